The molecule has 0 aliphatic carbocycles. The molecule has 0 atom stereocenters. The Morgan fingerprint density at radius 2 is 2.05 bits per heavy atom. The second-order valence-electron chi connectivity index (χ2n) is 4.66. The zero-order valence-electron chi connectivity index (χ0n) is 10.7. The molecule has 0 N–H and O–H groups in total. The van der Waals surface area contributed by atoms with Crippen molar-refractivity contribution in [1.29, 1.82) is 0 Å². The SMILES string of the molecule is Cc1ccn2nc(CCc3cccc(F)c3)nc2c1. The number of aromatic nitrogens is 3. The first-order valence-corrected chi connectivity index (χ1v) is 6.27. The van der Waals surface area contributed by atoms with Gasteiger partial charge < -0.3 is 0 Å². The fourth-order valence-corrected chi connectivity index (χ4v) is 2.08. The van der Waals surface area contributed by atoms with Crippen LogP contribution in [0.3, 0.4) is 0 Å². The van der Waals surface area contributed by atoms with Crippen LogP contribution < -0.4 is 0 Å². The van der Waals surface area contributed by atoms with E-state index in [1.165, 1.54) is 6.07 Å². The minimum atomic E-state index is -0.198. The zero-order chi connectivity index (χ0) is 13.2. The summed E-state index contributed by atoms with van der Waals surface area (Å²) < 4.78 is 14.8. The summed E-state index contributed by atoms with van der Waals surface area (Å²) in [6.07, 6.45) is 3.36. The number of aryl methyl sites for hydroxylation is 3. The van der Waals surface area contributed by atoms with Crippen LogP contribution in [0.4, 0.5) is 4.39 Å². The lowest BCUT2D eigenvalue weighted by molar-refractivity contribution is 0.625. The molecule has 0 spiro atoms. The molecule has 0 aliphatic heterocycles. The maximum absolute atomic E-state index is 13.1. The van der Waals surface area contributed by atoms with Gasteiger partial charge in [-0.25, -0.2) is 13.9 Å². The first-order valence-electron chi connectivity index (χ1n) is 6.27. The van der Waals surface area contributed by atoms with Gasteiger partial charge in [-0.15, -0.1) is 0 Å². The van der Waals surface area contributed by atoms with Gasteiger partial charge >= 0.3 is 0 Å². The molecule has 96 valence electrons. The van der Waals surface area contributed by atoms with E-state index in [1.807, 2.05) is 31.3 Å². The first kappa shape index (κ1) is 11.8. The van der Waals surface area contributed by atoms with Crippen molar-refractivity contribution in [2.45, 2.75) is 19.8 Å². The Labute approximate surface area is 110 Å². The van der Waals surface area contributed by atoms with Gasteiger partial charge in [-0.3, -0.25) is 0 Å². The van der Waals surface area contributed by atoms with Gasteiger partial charge in [0.25, 0.3) is 0 Å². The number of pyridine rings is 1. The van der Waals surface area contributed by atoms with E-state index in [2.05, 4.69) is 10.1 Å². The summed E-state index contributed by atoms with van der Waals surface area (Å²) in [5.41, 5.74) is 2.99. The molecule has 3 rings (SSSR count). The number of fused-ring (bicyclic) bond motifs is 1. The van der Waals surface area contributed by atoms with Crippen molar-refractivity contribution in [2.24, 2.45) is 0 Å². The summed E-state index contributed by atoms with van der Waals surface area (Å²) in [5.74, 6) is 0.589. The molecule has 2 aromatic heterocycles. The first-order chi connectivity index (χ1) is 9.20. The Morgan fingerprint density at radius 3 is 2.89 bits per heavy atom. The number of nitrogens with zero attached hydrogens (tertiary/aromatic N) is 3. The lowest BCUT2D eigenvalue weighted by Gasteiger charge is -1.98. The Bertz CT molecular complexity index is 718. The quantitative estimate of drug-likeness (QED) is 0.720. The highest BCUT2D eigenvalue weighted by molar-refractivity contribution is 5.40. The van der Waals surface area contributed by atoms with Gasteiger partial charge in [-0.1, -0.05) is 12.1 Å². The smallest absolute Gasteiger partial charge is 0.155 e. The van der Waals surface area contributed by atoms with Gasteiger partial charge in [-0.05, 0) is 48.7 Å². The molecular weight excluding hydrogens is 241 g/mol. The minimum absolute atomic E-state index is 0.198. The largest absolute Gasteiger partial charge is 0.221 e. The summed E-state index contributed by atoms with van der Waals surface area (Å²) in [6, 6.07) is 10.7. The second kappa shape index (κ2) is 4.80. The van der Waals surface area contributed by atoms with Gasteiger partial charge in [0, 0.05) is 12.6 Å². The monoisotopic (exact) mass is 255 g/mol. The van der Waals surface area contributed by atoms with E-state index in [0.717, 1.165) is 29.0 Å². The van der Waals surface area contributed by atoms with Crippen LogP contribution in [0.1, 0.15) is 17.0 Å². The number of rotatable bonds is 3. The zero-order valence-corrected chi connectivity index (χ0v) is 10.7. The highest BCUT2D eigenvalue weighted by atomic mass is 19.1. The molecule has 3 nitrogen and oxygen atoms in total. The van der Waals surface area contributed by atoms with Crippen LogP contribution in [0.15, 0.2) is 42.6 Å². The van der Waals surface area contributed by atoms with Crippen LogP contribution in [0.5, 0.6) is 0 Å². The number of hydrogen-bond donors (Lipinski definition) is 0. The van der Waals surface area contributed by atoms with Crippen molar-refractivity contribution in [3.05, 3.63) is 65.4 Å². The lowest BCUT2D eigenvalue weighted by Crippen LogP contribution is -1.94. The number of halogens is 1. The lowest BCUT2D eigenvalue weighted by atomic mass is 10.1. The van der Waals surface area contributed by atoms with Crippen molar-refractivity contribution < 1.29 is 4.39 Å². The molecule has 0 amide bonds. The van der Waals surface area contributed by atoms with Gasteiger partial charge in [0.1, 0.15) is 5.82 Å². The molecule has 1 aromatic carbocycles. The minimum Gasteiger partial charge on any atom is -0.221 e. The maximum atomic E-state index is 13.1. The highest BCUT2D eigenvalue weighted by Gasteiger charge is 2.04. The number of hydrogen-bond acceptors (Lipinski definition) is 2. The van der Waals surface area contributed by atoms with Crippen molar-refractivity contribution in [1.82, 2.24) is 14.6 Å². The average molecular weight is 255 g/mol. The van der Waals surface area contributed by atoms with Crippen LogP contribution in [-0.2, 0) is 12.8 Å². The third-order valence-electron chi connectivity index (χ3n) is 3.06. The van der Waals surface area contributed by atoms with Crippen molar-refractivity contribution >= 4 is 5.65 Å². The van der Waals surface area contributed by atoms with Crippen LogP contribution in [-0.4, -0.2) is 14.6 Å². The van der Waals surface area contributed by atoms with E-state index in [4.69, 9.17) is 0 Å². The molecule has 0 aliphatic rings. The molecule has 0 radical (unpaired) electrons. The third-order valence-corrected chi connectivity index (χ3v) is 3.06. The van der Waals surface area contributed by atoms with Crippen LogP contribution in [0.25, 0.3) is 5.65 Å². The van der Waals surface area contributed by atoms with E-state index >= 15 is 0 Å². The van der Waals surface area contributed by atoms with Gasteiger partial charge in [-0.2, -0.15) is 5.10 Å². The van der Waals surface area contributed by atoms with Crippen molar-refractivity contribution in [3.8, 4) is 0 Å². The standard InChI is InChI=1S/C15H14FN3/c1-11-7-8-19-15(9-11)17-14(18-19)6-5-12-3-2-4-13(16)10-12/h2-4,7-10H,5-6H2,1H3. The fourth-order valence-electron chi connectivity index (χ4n) is 2.08. The summed E-state index contributed by atoms with van der Waals surface area (Å²) in [5, 5.41) is 4.40. The van der Waals surface area contributed by atoms with E-state index < -0.39 is 0 Å². The molecule has 0 fully saturated rings. The Hall–Kier alpha value is -2.23. The summed E-state index contributed by atoms with van der Waals surface area (Å²) in [7, 11) is 0. The summed E-state index contributed by atoms with van der Waals surface area (Å²) in [4.78, 5) is 4.47. The van der Waals surface area contributed by atoms with Gasteiger partial charge in [0.05, 0.1) is 0 Å². The molecule has 0 saturated carbocycles. The Balaban J connectivity index is 1.78. The van der Waals surface area contributed by atoms with Crippen molar-refractivity contribution in [2.75, 3.05) is 0 Å². The Morgan fingerprint density at radius 1 is 1.16 bits per heavy atom. The molecule has 0 saturated heterocycles. The topological polar surface area (TPSA) is 30.2 Å². The van der Waals surface area contributed by atoms with E-state index in [-0.39, 0.29) is 5.82 Å². The molecule has 4 heteroatoms. The molecule has 19 heavy (non-hydrogen) atoms. The van der Waals surface area contributed by atoms with Gasteiger partial charge in [0.15, 0.2) is 11.5 Å². The summed E-state index contributed by atoms with van der Waals surface area (Å²) in [6.45, 7) is 2.03. The second-order valence-corrected chi connectivity index (χ2v) is 4.66. The van der Waals surface area contributed by atoms with Crippen LogP contribution in [0.2, 0.25) is 0 Å². The van der Waals surface area contributed by atoms with Crippen molar-refractivity contribution in [3.63, 3.8) is 0 Å². The van der Waals surface area contributed by atoms with E-state index in [9.17, 15) is 4.39 Å². The van der Waals surface area contributed by atoms with Gasteiger partial charge in [0.2, 0.25) is 0 Å². The molecule has 0 unspecified atom stereocenters. The molecule has 3 aromatic rings. The predicted molar refractivity (Wildman–Crippen MR) is 71.5 cm³/mol. The van der Waals surface area contributed by atoms with Crippen LogP contribution in [0, 0.1) is 12.7 Å². The Kier molecular flexibility index (Phi) is 2.99. The third kappa shape index (κ3) is 2.62. The molecule has 2 heterocycles. The van der Waals surface area contributed by atoms with E-state index in [0.29, 0.717) is 6.42 Å². The molecular formula is C15H14FN3. The van der Waals surface area contributed by atoms with Crippen LogP contribution >= 0.6 is 0 Å². The predicted octanol–water partition coefficient (Wildman–Crippen LogP) is 2.96. The highest BCUT2D eigenvalue weighted by Crippen LogP contribution is 2.09. The fraction of sp³-hybridized carbons (Fsp3) is 0.200. The van der Waals surface area contributed by atoms with E-state index in [1.54, 1.807) is 16.6 Å². The maximum Gasteiger partial charge on any atom is 0.155 e. The summed E-state index contributed by atoms with van der Waals surface area (Å²) >= 11 is 0. The molecule has 0 bridgehead atoms. The average Bonchev–Trinajstić information content (AvgIpc) is 2.78. The normalized spacial score (nSPS) is 11.1. The number of benzene rings is 1.